The third-order valence-electron chi connectivity index (χ3n) is 5.15. The Hall–Kier alpha value is -3.64. The van der Waals surface area contributed by atoms with E-state index < -0.39 is 6.10 Å². The van der Waals surface area contributed by atoms with E-state index in [-0.39, 0.29) is 24.8 Å². The van der Waals surface area contributed by atoms with Crippen LogP contribution < -0.4 is 15.4 Å². The lowest BCUT2D eigenvalue weighted by atomic mass is 10.1. The lowest BCUT2D eigenvalue weighted by molar-refractivity contribution is -0.120. The molecule has 3 aromatic rings. The average Bonchev–Trinajstić information content (AvgIpc) is 2.82. The highest BCUT2D eigenvalue weighted by Crippen LogP contribution is 2.14. The Morgan fingerprint density at radius 2 is 1.50 bits per heavy atom. The molecular weight excluding hydrogens is 404 g/mol. The van der Waals surface area contributed by atoms with Crippen LogP contribution in [0.25, 0.3) is 0 Å². The van der Waals surface area contributed by atoms with Crippen LogP contribution in [0, 0.1) is 6.92 Å². The van der Waals surface area contributed by atoms with Gasteiger partial charge in [-0.2, -0.15) is 0 Å². The molecule has 166 valence electrons. The molecule has 3 N–H and O–H groups in total. The quantitative estimate of drug-likeness (QED) is 0.484. The number of aryl methyl sites for hydroxylation is 1. The van der Waals surface area contributed by atoms with Gasteiger partial charge in [-0.1, -0.05) is 54.1 Å². The summed E-state index contributed by atoms with van der Waals surface area (Å²) in [6.45, 7) is 2.49. The van der Waals surface area contributed by atoms with Gasteiger partial charge in [0.05, 0.1) is 19.6 Å². The minimum absolute atomic E-state index is 0.0814. The number of hydrogen-bond donors (Lipinski definition) is 3. The van der Waals surface area contributed by atoms with Crippen LogP contribution in [0.2, 0.25) is 0 Å². The molecule has 6 heteroatoms. The summed E-state index contributed by atoms with van der Waals surface area (Å²) in [6.07, 6.45) is -0.479. The Bertz CT molecular complexity index is 1030. The standard InChI is InChI=1S/C26H28N2O4/c1-18-3-9-21(10-4-18)24(29)17-28-26(31)22-11-5-20(6-12-22)16-27-25(30)15-19-7-13-23(32-2)14-8-19/h3-14,24,29H,15-17H2,1-2H3,(H,27,30)(H,28,31). The van der Waals surface area contributed by atoms with E-state index in [4.69, 9.17) is 4.74 Å². The molecule has 1 unspecified atom stereocenters. The van der Waals surface area contributed by atoms with Crippen LogP contribution >= 0.6 is 0 Å². The number of aliphatic hydroxyl groups is 1. The van der Waals surface area contributed by atoms with Crippen molar-refractivity contribution in [1.29, 1.82) is 0 Å². The molecule has 3 aromatic carbocycles. The molecule has 0 heterocycles. The van der Waals surface area contributed by atoms with Crippen LogP contribution in [0.1, 0.15) is 38.7 Å². The van der Waals surface area contributed by atoms with Crippen molar-refractivity contribution >= 4 is 11.8 Å². The van der Waals surface area contributed by atoms with Gasteiger partial charge in [0.15, 0.2) is 0 Å². The molecule has 3 rings (SSSR count). The van der Waals surface area contributed by atoms with Crippen molar-refractivity contribution in [2.24, 2.45) is 0 Å². The van der Waals surface area contributed by atoms with Crippen LogP contribution in [-0.2, 0) is 17.8 Å². The molecule has 0 saturated heterocycles. The molecule has 0 radical (unpaired) electrons. The zero-order valence-corrected chi connectivity index (χ0v) is 18.3. The van der Waals surface area contributed by atoms with E-state index in [1.807, 2.05) is 55.5 Å². The third-order valence-corrected chi connectivity index (χ3v) is 5.15. The summed E-state index contributed by atoms with van der Waals surface area (Å²) < 4.78 is 5.12. The first-order valence-electron chi connectivity index (χ1n) is 10.5. The number of methoxy groups -OCH3 is 1. The fourth-order valence-electron chi connectivity index (χ4n) is 3.16. The van der Waals surface area contributed by atoms with Crippen LogP contribution in [0.4, 0.5) is 0 Å². The van der Waals surface area contributed by atoms with E-state index in [0.717, 1.165) is 28.0 Å². The molecule has 0 aliphatic rings. The van der Waals surface area contributed by atoms with Crippen LogP contribution in [0.15, 0.2) is 72.8 Å². The van der Waals surface area contributed by atoms with Crippen molar-refractivity contribution in [2.45, 2.75) is 26.0 Å². The monoisotopic (exact) mass is 432 g/mol. The van der Waals surface area contributed by atoms with Crippen molar-refractivity contribution in [1.82, 2.24) is 10.6 Å². The van der Waals surface area contributed by atoms with Gasteiger partial charge in [-0.3, -0.25) is 9.59 Å². The Kier molecular flexibility index (Phi) is 8.00. The van der Waals surface area contributed by atoms with Crippen molar-refractivity contribution in [3.05, 3.63) is 101 Å². The minimum atomic E-state index is -0.764. The summed E-state index contributed by atoms with van der Waals surface area (Å²) in [6, 6.07) is 22.0. The van der Waals surface area contributed by atoms with Crippen LogP contribution in [-0.4, -0.2) is 30.6 Å². The fraction of sp³-hybridized carbons (Fsp3) is 0.231. The number of benzene rings is 3. The molecule has 2 amide bonds. The van der Waals surface area contributed by atoms with Gasteiger partial charge in [-0.05, 0) is 47.9 Å². The van der Waals surface area contributed by atoms with Gasteiger partial charge in [-0.15, -0.1) is 0 Å². The van der Waals surface area contributed by atoms with Crippen molar-refractivity contribution < 1.29 is 19.4 Å². The zero-order valence-electron chi connectivity index (χ0n) is 18.3. The number of amides is 2. The topological polar surface area (TPSA) is 87.7 Å². The highest BCUT2D eigenvalue weighted by atomic mass is 16.5. The SMILES string of the molecule is COc1ccc(CC(=O)NCc2ccc(C(=O)NCC(O)c3ccc(C)cc3)cc2)cc1. The maximum Gasteiger partial charge on any atom is 0.251 e. The summed E-state index contributed by atoms with van der Waals surface area (Å²) in [5.41, 5.74) is 4.17. The van der Waals surface area contributed by atoms with E-state index >= 15 is 0 Å². The van der Waals surface area contributed by atoms with Crippen molar-refractivity contribution in [3.8, 4) is 5.75 Å². The Balaban J connectivity index is 1.44. The summed E-state index contributed by atoms with van der Waals surface area (Å²) in [4.78, 5) is 24.5. The maximum absolute atomic E-state index is 12.4. The van der Waals surface area contributed by atoms with Crippen molar-refractivity contribution in [3.63, 3.8) is 0 Å². The molecule has 0 fully saturated rings. The predicted molar refractivity (Wildman–Crippen MR) is 123 cm³/mol. The summed E-state index contributed by atoms with van der Waals surface area (Å²) in [7, 11) is 1.60. The number of carbonyl (C=O) groups excluding carboxylic acids is 2. The molecule has 0 spiro atoms. The van der Waals surface area contributed by atoms with Gasteiger partial charge < -0.3 is 20.5 Å². The molecule has 0 aliphatic carbocycles. The highest BCUT2D eigenvalue weighted by Gasteiger charge is 2.11. The average molecular weight is 433 g/mol. The van der Waals surface area contributed by atoms with Gasteiger partial charge >= 0.3 is 0 Å². The predicted octanol–water partition coefficient (Wildman–Crippen LogP) is 3.33. The molecule has 32 heavy (non-hydrogen) atoms. The second kappa shape index (κ2) is 11.1. The van der Waals surface area contributed by atoms with Gasteiger partial charge in [0, 0.05) is 18.7 Å². The van der Waals surface area contributed by atoms with Crippen molar-refractivity contribution in [2.75, 3.05) is 13.7 Å². The Morgan fingerprint density at radius 3 is 2.12 bits per heavy atom. The second-order valence-electron chi connectivity index (χ2n) is 7.64. The number of ether oxygens (including phenoxy) is 1. The third kappa shape index (κ3) is 6.68. The fourth-order valence-corrected chi connectivity index (χ4v) is 3.16. The van der Waals surface area contributed by atoms with Gasteiger partial charge in [-0.25, -0.2) is 0 Å². The van der Waals surface area contributed by atoms with Crippen LogP contribution in [0.3, 0.4) is 0 Å². The smallest absolute Gasteiger partial charge is 0.251 e. The summed E-state index contributed by atoms with van der Waals surface area (Å²) in [5, 5.41) is 15.9. The highest BCUT2D eigenvalue weighted by molar-refractivity contribution is 5.94. The van der Waals surface area contributed by atoms with Crippen LogP contribution in [0.5, 0.6) is 5.75 Å². The zero-order chi connectivity index (χ0) is 22.9. The summed E-state index contributed by atoms with van der Waals surface area (Å²) >= 11 is 0. The molecule has 1 atom stereocenters. The Labute approximate surface area is 188 Å². The second-order valence-corrected chi connectivity index (χ2v) is 7.64. The number of carbonyl (C=O) groups is 2. The first-order chi connectivity index (χ1) is 15.4. The molecule has 0 aliphatic heterocycles. The maximum atomic E-state index is 12.4. The number of rotatable bonds is 9. The molecule has 0 aromatic heterocycles. The molecule has 0 saturated carbocycles. The molecule has 6 nitrogen and oxygen atoms in total. The van der Waals surface area contributed by atoms with E-state index in [2.05, 4.69) is 10.6 Å². The molecule has 0 bridgehead atoms. The summed E-state index contributed by atoms with van der Waals surface area (Å²) in [5.74, 6) is 0.413. The normalized spacial score (nSPS) is 11.5. The molecular formula is C26H28N2O4. The number of hydrogen-bond acceptors (Lipinski definition) is 4. The number of nitrogens with one attached hydrogen (secondary N) is 2. The van der Waals surface area contributed by atoms with Gasteiger partial charge in [0.2, 0.25) is 5.91 Å². The first kappa shape index (κ1) is 23.0. The number of aliphatic hydroxyl groups excluding tert-OH is 1. The first-order valence-corrected chi connectivity index (χ1v) is 10.5. The van der Waals surface area contributed by atoms with E-state index in [9.17, 15) is 14.7 Å². The lowest BCUT2D eigenvalue weighted by Gasteiger charge is -2.13. The Morgan fingerprint density at radius 1 is 0.875 bits per heavy atom. The van der Waals surface area contributed by atoms with E-state index in [0.29, 0.717) is 12.1 Å². The van der Waals surface area contributed by atoms with E-state index in [1.54, 1.807) is 31.4 Å². The lowest BCUT2D eigenvalue weighted by Crippen LogP contribution is -2.28. The minimum Gasteiger partial charge on any atom is -0.497 e. The largest absolute Gasteiger partial charge is 0.497 e. The van der Waals surface area contributed by atoms with Gasteiger partial charge in [0.25, 0.3) is 5.91 Å². The van der Waals surface area contributed by atoms with E-state index in [1.165, 1.54) is 0 Å². The van der Waals surface area contributed by atoms with Gasteiger partial charge in [0.1, 0.15) is 5.75 Å².